The number of carbonyl (C=O) groups is 2. The lowest BCUT2D eigenvalue weighted by Gasteiger charge is -2.27. The van der Waals surface area contributed by atoms with Crippen LogP contribution >= 0.6 is 0 Å². The number of aromatic nitrogens is 4. The highest BCUT2D eigenvalue weighted by atomic mass is 19.4. The lowest BCUT2D eigenvalue weighted by Crippen LogP contribution is -2.41. The number of carbonyl (C=O) groups excluding carboxylic acids is 2. The van der Waals surface area contributed by atoms with Gasteiger partial charge in [-0.15, -0.1) is 0 Å². The fourth-order valence-electron chi connectivity index (χ4n) is 4.39. The number of rotatable bonds is 5. The molecule has 2 amide bonds. The van der Waals surface area contributed by atoms with E-state index < -0.39 is 17.8 Å². The number of morpholine rings is 1. The van der Waals surface area contributed by atoms with Crippen molar-refractivity contribution in [1.82, 2.24) is 24.5 Å². The first-order valence-corrected chi connectivity index (χ1v) is 11.2. The molecule has 1 aliphatic heterocycles. The number of aryl methyl sites for hydroxylation is 1. The quantitative estimate of drug-likeness (QED) is 0.681. The molecule has 12 heteroatoms. The number of nitrogens with zero attached hydrogens (tertiary/aromatic N) is 5. The third-order valence-corrected chi connectivity index (χ3v) is 5.98. The molecule has 2 aliphatic rings. The molecule has 0 spiro atoms. The van der Waals surface area contributed by atoms with E-state index in [1.165, 1.54) is 10.9 Å². The van der Waals surface area contributed by atoms with Crippen LogP contribution in [0.4, 0.5) is 18.9 Å². The molecule has 180 valence electrons. The predicted octanol–water partition coefficient (Wildman–Crippen LogP) is 2.50. The van der Waals surface area contributed by atoms with Gasteiger partial charge < -0.3 is 15.0 Å². The summed E-state index contributed by atoms with van der Waals surface area (Å²) in [5.41, 5.74) is 0.212. The fourth-order valence-corrected chi connectivity index (χ4v) is 4.39. The van der Waals surface area contributed by atoms with Gasteiger partial charge in [-0.2, -0.15) is 23.4 Å². The summed E-state index contributed by atoms with van der Waals surface area (Å²) >= 11 is 0. The normalized spacial score (nSPS) is 16.9. The van der Waals surface area contributed by atoms with Crippen molar-refractivity contribution in [2.24, 2.45) is 0 Å². The summed E-state index contributed by atoms with van der Waals surface area (Å²) in [5.74, 6) is -0.842. The number of alkyl halides is 3. The monoisotopic (exact) mass is 468 g/mol. The Balaban J connectivity index is 1.56. The molecule has 1 N–H and O–H groups in total. The van der Waals surface area contributed by atoms with Crippen molar-refractivity contribution in [3.8, 4) is 0 Å². The van der Waals surface area contributed by atoms with Gasteiger partial charge >= 0.3 is 6.18 Å². The van der Waals surface area contributed by atoms with Crippen molar-refractivity contribution < 1.29 is 27.5 Å². The third-order valence-electron chi connectivity index (χ3n) is 5.98. The molecule has 1 fully saturated rings. The van der Waals surface area contributed by atoms with Crippen LogP contribution in [0.15, 0.2) is 6.20 Å². The van der Waals surface area contributed by atoms with Gasteiger partial charge in [-0.25, -0.2) is 0 Å². The van der Waals surface area contributed by atoms with Crippen LogP contribution in [0.25, 0.3) is 0 Å². The first kappa shape index (κ1) is 23.3. The molecular weight excluding hydrogens is 441 g/mol. The van der Waals surface area contributed by atoms with Gasteiger partial charge in [-0.05, 0) is 32.6 Å². The Kier molecular flexibility index (Phi) is 6.73. The molecule has 1 saturated heterocycles. The van der Waals surface area contributed by atoms with E-state index in [-0.39, 0.29) is 29.4 Å². The minimum atomic E-state index is -4.57. The van der Waals surface area contributed by atoms with Crippen molar-refractivity contribution in [1.29, 1.82) is 0 Å². The van der Waals surface area contributed by atoms with Crippen LogP contribution < -0.4 is 5.32 Å². The molecule has 33 heavy (non-hydrogen) atoms. The SMILES string of the molecule is CCn1ncc(NC(=O)Cn2nc(C(F)(F)F)c3c2CCCCC3)c1C(=O)N1CCOCC1. The second kappa shape index (κ2) is 9.54. The van der Waals surface area contributed by atoms with Crippen molar-refractivity contribution in [3.05, 3.63) is 28.8 Å². The third kappa shape index (κ3) is 4.90. The largest absolute Gasteiger partial charge is 0.435 e. The van der Waals surface area contributed by atoms with E-state index in [0.717, 1.165) is 17.5 Å². The average Bonchev–Trinajstić information content (AvgIpc) is 3.25. The topological polar surface area (TPSA) is 94.3 Å². The molecule has 2 aromatic heterocycles. The standard InChI is InChI=1S/C21H27F3N6O3/c1-2-29-18(20(32)28-8-10-33-11-9-28)15(12-25-29)26-17(31)13-30-16-7-5-3-4-6-14(16)19(27-30)21(22,23)24/h12H,2-11,13H2,1H3,(H,26,31). The molecule has 0 unspecified atom stereocenters. The Hall–Kier alpha value is -2.89. The van der Waals surface area contributed by atoms with E-state index in [0.29, 0.717) is 57.8 Å². The van der Waals surface area contributed by atoms with Gasteiger partial charge in [-0.1, -0.05) is 6.42 Å². The van der Waals surface area contributed by atoms with Crippen LogP contribution in [0.5, 0.6) is 0 Å². The van der Waals surface area contributed by atoms with Gasteiger partial charge in [0.2, 0.25) is 5.91 Å². The Bertz CT molecular complexity index is 1020. The van der Waals surface area contributed by atoms with Gasteiger partial charge in [0.1, 0.15) is 12.2 Å². The number of halogens is 3. The van der Waals surface area contributed by atoms with Gasteiger partial charge in [0.05, 0.1) is 25.1 Å². The van der Waals surface area contributed by atoms with Crippen molar-refractivity contribution >= 4 is 17.5 Å². The first-order chi connectivity index (χ1) is 15.8. The molecule has 4 rings (SSSR count). The lowest BCUT2D eigenvalue weighted by atomic mass is 10.1. The number of anilines is 1. The fraction of sp³-hybridized carbons (Fsp3) is 0.619. The highest BCUT2D eigenvalue weighted by Crippen LogP contribution is 2.35. The van der Waals surface area contributed by atoms with Crippen LogP contribution in [0.3, 0.4) is 0 Å². The summed E-state index contributed by atoms with van der Waals surface area (Å²) in [6.07, 6.45) is -0.193. The Morgan fingerprint density at radius 3 is 2.55 bits per heavy atom. The van der Waals surface area contributed by atoms with Gasteiger partial charge in [0, 0.05) is 30.9 Å². The van der Waals surface area contributed by atoms with Crippen LogP contribution in [0.1, 0.15) is 53.6 Å². The van der Waals surface area contributed by atoms with E-state index in [1.807, 2.05) is 6.92 Å². The molecule has 9 nitrogen and oxygen atoms in total. The summed E-state index contributed by atoms with van der Waals surface area (Å²) in [6, 6.07) is 0. The highest BCUT2D eigenvalue weighted by molar-refractivity contribution is 6.02. The predicted molar refractivity (Wildman–Crippen MR) is 112 cm³/mol. The van der Waals surface area contributed by atoms with Gasteiger partial charge in [0.15, 0.2) is 5.69 Å². The molecule has 0 bridgehead atoms. The number of fused-ring (bicyclic) bond motifs is 1. The molecule has 3 heterocycles. The molecular formula is C21H27F3N6O3. The maximum Gasteiger partial charge on any atom is 0.435 e. The van der Waals surface area contributed by atoms with E-state index in [1.54, 1.807) is 4.90 Å². The van der Waals surface area contributed by atoms with E-state index in [4.69, 9.17) is 4.74 Å². The molecule has 0 radical (unpaired) electrons. The maximum absolute atomic E-state index is 13.5. The average molecular weight is 468 g/mol. The number of ether oxygens (including phenoxy) is 1. The van der Waals surface area contributed by atoms with Gasteiger partial charge in [0.25, 0.3) is 5.91 Å². The summed E-state index contributed by atoms with van der Waals surface area (Å²) in [6.45, 7) is 3.59. The van der Waals surface area contributed by atoms with E-state index in [2.05, 4.69) is 15.5 Å². The lowest BCUT2D eigenvalue weighted by molar-refractivity contribution is -0.142. The minimum absolute atomic E-state index is 0.190. The van der Waals surface area contributed by atoms with Crippen molar-refractivity contribution in [3.63, 3.8) is 0 Å². The van der Waals surface area contributed by atoms with Crippen LogP contribution in [0.2, 0.25) is 0 Å². The number of hydrogen-bond acceptors (Lipinski definition) is 5. The zero-order valence-electron chi connectivity index (χ0n) is 18.5. The number of nitrogens with one attached hydrogen (secondary N) is 1. The first-order valence-electron chi connectivity index (χ1n) is 11.2. The van der Waals surface area contributed by atoms with E-state index in [9.17, 15) is 22.8 Å². The highest BCUT2D eigenvalue weighted by Gasteiger charge is 2.39. The van der Waals surface area contributed by atoms with E-state index >= 15 is 0 Å². The minimum Gasteiger partial charge on any atom is -0.378 e. The zero-order chi connectivity index (χ0) is 23.6. The number of hydrogen-bond donors (Lipinski definition) is 1. The van der Waals surface area contributed by atoms with Crippen LogP contribution in [0, 0.1) is 0 Å². The molecule has 0 aromatic carbocycles. The molecule has 0 saturated carbocycles. The Morgan fingerprint density at radius 1 is 1.12 bits per heavy atom. The summed E-state index contributed by atoms with van der Waals surface area (Å²) in [4.78, 5) is 27.5. The van der Waals surface area contributed by atoms with Crippen LogP contribution in [-0.4, -0.2) is 62.6 Å². The van der Waals surface area contributed by atoms with Crippen molar-refractivity contribution in [2.75, 3.05) is 31.6 Å². The zero-order valence-corrected chi connectivity index (χ0v) is 18.5. The van der Waals surface area contributed by atoms with Crippen molar-refractivity contribution in [2.45, 2.75) is 58.3 Å². The van der Waals surface area contributed by atoms with Crippen LogP contribution in [-0.2, 0) is 41.6 Å². The van der Waals surface area contributed by atoms with Gasteiger partial charge in [-0.3, -0.25) is 19.0 Å². The second-order valence-electron chi connectivity index (χ2n) is 8.17. The summed E-state index contributed by atoms with van der Waals surface area (Å²) < 4.78 is 48.5. The Morgan fingerprint density at radius 2 is 1.85 bits per heavy atom. The summed E-state index contributed by atoms with van der Waals surface area (Å²) in [7, 11) is 0. The Labute approximate surface area is 188 Å². The molecule has 2 aromatic rings. The molecule has 1 aliphatic carbocycles. The summed E-state index contributed by atoms with van der Waals surface area (Å²) in [5, 5.41) is 10.6. The smallest absolute Gasteiger partial charge is 0.378 e. The maximum atomic E-state index is 13.5. The number of amides is 2. The molecule has 0 atom stereocenters. The second-order valence-corrected chi connectivity index (χ2v) is 8.17.